The van der Waals surface area contributed by atoms with E-state index in [0.29, 0.717) is 6.54 Å². The standard InChI is InChI=1S/C29H33N5O2/c1-19-13-20(2)15-24(14-19)25-17-27-31-21(3)16-28(34(27)32-25)33-11-9-22(10-12-33)29(35)30-18-23-7-5-6-8-26(23)36-4/h5-8,13-17,22H,9-12,18H2,1-4H3,(H,30,35). The van der Waals surface area contributed by atoms with Gasteiger partial charge in [-0.1, -0.05) is 35.4 Å². The molecule has 1 aliphatic heterocycles. The fourth-order valence-corrected chi connectivity index (χ4v) is 5.12. The summed E-state index contributed by atoms with van der Waals surface area (Å²) >= 11 is 0. The number of hydrogen-bond donors (Lipinski definition) is 1. The molecule has 1 N–H and O–H groups in total. The highest BCUT2D eigenvalue weighted by Crippen LogP contribution is 2.28. The molecule has 0 saturated carbocycles. The van der Waals surface area contributed by atoms with E-state index in [-0.39, 0.29) is 11.8 Å². The van der Waals surface area contributed by atoms with Crippen LogP contribution in [0.2, 0.25) is 0 Å². The molecule has 5 rings (SSSR count). The lowest BCUT2D eigenvalue weighted by Gasteiger charge is -2.33. The predicted molar refractivity (Wildman–Crippen MR) is 142 cm³/mol. The molecule has 1 amide bonds. The lowest BCUT2D eigenvalue weighted by atomic mass is 9.95. The number of nitrogens with zero attached hydrogens (tertiary/aromatic N) is 4. The molecule has 1 saturated heterocycles. The first-order valence-corrected chi connectivity index (χ1v) is 12.5. The smallest absolute Gasteiger partial charge is 0.223 e. The van der Waals surface area contributed by atoms with Crippen molar-refractivity contribution in [3.63, 3.8) is 0 Å². The van der Waals surface area contributed by atoms with Gasteiger partial charge in [0.25, 0.3) is 0 Å². The molecule has 0 spiro atoms. The average Bonchev–Trinajstić information content (AvgIpc) is 3.30. The van der Waals surface area contributed by atoms with Crippen LogP contribution in [0.15, 0.2) is 54.6 Å². The third kappa shape index (κ3) is 4.91. The van der Waals surface area contributed by atoms with Gasteiger partial charge in [-0.05, 0) is 51.8 Å². The summed E-state index contributed by atoms with van der Waals surface area (Å²) in [6.07, 6.45) is 1.59. The molecule has 2 aromatic carbocycles. The zero-order chi connectivity index (χ0) is 25.2. The monoisotopic (exact) mass is 483 g/mol. The minimum absolute atomic E-state index is 0.00201. The van der Waals surface area contributed by atoms with Crippen molar-refractivity contribution in [2.45, 2.75) is 40.2 Å². The molecule has 36 heavy (non-hydrogen) atoms. The Hall–Kier alpha value is -3.87. The number of aryl methyl sites for hydroxylation is 3. The first kappa shape index (κ1) is 23.9. The van der Waals surface area contributed by atoms with E-state index in [0.717, 1.165) is 65.7 Å². The molecule has 0 atom stereocenters. The van der Waals surface area contributed by atoms with Gasteiger partial charge in [0, 0.05) is 54.5 Å². The van der Waals surface area contributed by atoms with Crippen molar-refractivity contribution in [3.8, 4) is 17.0 Å². The zero-order valence-corrected chi connectivity index (χ0v) is 21.4. The molecule has 0 unspecified atom stereocenters. The van der Waals surface area contributed by atoms with Gasteiger partial charge in [-0.25, -0.2) is 4.98 Å². The van der Waals surface area contributed by atoms with Gasteiger partial charge in [0.05, 0.1) is 12.8 Å². The number of benzene rings is 2. The van der Waals surface area contributed by atoms with E-state index >= 15 is 0 Å². The largest absolute Gasteiger partial charge is 0.496 e. The Bertz CT molecular complexity index is 1380. The number of rotatable bonds is 6. The van der Waals surface area contributed by atoms with Crippen molar-refractivity contribution in [3.05, 3.63) is 77.0 Å². The van der Waals surface area contributed by atoms with Crippen molar-refractivity contribution in [2.24, 2.45) is 5.92 Å². The number of carbonyl (C=O) groups excluding carboxylic acids is 1. The van der Waals surface area contributed by atoms with Crippen LogP contribution in [-0.2, 0) is 11.3 Å². The highest BCUT2D eigenvalue weighted by Gasteiger charge is 2.27. The molecule has 1 aliphatic rings. The highest BCUT2D eigenvalue weighted by molar-refractivity contribution is 5.79. The van der Waals surface area contributed by atoms with Crippen molar-refractivity contribution < 1.29 is 9.53 Å². The molecule has 3 heterocycles. The van der Waals surface area contributed by atoms with Gasteiger partial charge in [-0.15, -0.1) is 0 Å². The minimum Gasteiger partial charge on any atom is -0.496 e. The molecular weight excluding hydrogens is 450 g/mol. The number of methoxy groups -OCH3 is 1. The van der Waals surface area contributed by atoms with Crippen LogP contribution in [0.25, 0.3) is 16.9 Å². The van der Waals surface area contributed by atoms with Crippen LogP contribution in [0.3, 0.4) is 0 Å². The Morgan fingerprint density at radius 3 is 2.47 bits per heavy atom. The first-order chi connectivity index (χ1) is 17.4. The topological polar surface area (TPSA) is 71.8 Å². The fourth-order valence-electron chi connectivity index (χ4n) is 5.12. The Balaban J connectivity index is 1.30. The van der Waals surface area contributed by atoms with E-state index in [1.54, 1.807) is 7.11 Å². The molecule has 7 nitrogen and oxygen atoms in total. The number of piperidine rings is 1. The fraction of sp³-hybridized carbons (Fsp3) is 0.345. The van der Waals surface area contributed by atoms with Gasteiger partial charge in [0.1, 0.15) is 11.6 Å². The third-order valence-electron chi connectivity index (χ3n) is 6.89. The predicted octanol–water partition coefficient (Wildman–Crippen LogP) is 4.86. The Labute approximate surface area is 212 Å². The molecular formula is C29H33N5O2. The summed E-state index contributed by atoms with van der Waals surface area (Å²) in [6.45, 7) is 8.30. The molecule has 4 aromatic rings. The molecule has 2 aromatic heterocycles. The summed E-state index contributed by atoms with van der Waals surface area (Å²) < 4.78 is 7.35. The number of fused-ring (bicyclic) bond motifs is 1. The van der Waals surface area contributed by atoms with Crippen LogP contribution < -0.4 is 15.0 Å². The van der Waals surface area contributed by atoms with E-state index in [1.165, 1.54) is 11.1 Å². The average molecular weight is 484 g/mol. The number of amides is 1. The van der Waals surface area contributed by atoms with Crippen LogP contribution in [0.4, 0.5) is 5.82 Å². The van der Waals surface area contributed by atoms with Gasteiger partial charge in [0.15, 0.2) is 5.65 Å². The van der Waals surface area contributed by atoms with Crippen LogP contribution in [0, 0.1) is 26.7 Å². The van der Waals surface area contributed by atoms with Crippen molar-refractivity contribution in [1.29, 1.82) is 0 Å². The van der Waals surface area contributed by atoms with Gasteiger partial charge < -0.3 is 15.0 Å². The Kier molecular flexibility index (Phi) is 6.63. The third-order valence-corrected chi connectivity index (χ3v) is 6.89. The normalized spacial score (nSPS) is 14.3. The molecule has 0 radical (unpaired) electrons. The second kappa shape index (κ2) is 10.0. The van der Waals surface area contributed by atoms with E-state index < -0.39 is 0 Å². The maximum Gasteiger partial charge on any atom is 0.223 e. The summed E-state index contributed by atoms with van der Waals surface area (Å²) in [4.78, 5) is 20.0. The highest BCUT2D eigenvalue weighted by atomic mass is 16.5. The number of aromatic nitrogens is 3. The number of nitrogens with one attached hydrogen (secondary N) is 1. The van der Waals surface area contributed by atoms with Gasteiger partial charge in [-0.2, -0.15) is 9.61 Å². The number of para-hydroxylation sites is 1. The first-order valence-electron chi connectivity index (χ1n) is 12.5. The molecule has 0 bridgehead atoms. The lowest BCUT2D eigenvalue weighted by molar-refractivity contribution is -0.125. The van der Waals surface area contributed by atoms with Crippen LogP contribution in [0.5, 0.6) is 5.75 Å². The summed E-state index contributed by atoms with van der Waals surface area (Å²) in [5, 5.41) is 8.04. The molecule has 186 valence electrons. The van der Waals surface area contributed by atoms with Crippen LogP contribution in [-0.4, -0.2) is 40.7 Å². The van der Waals surface area contributed by atoms with Crippen LogP contribution >= 0.6 is 0 Å². The van der Waals surface area contributed by atoms with E-state index in [2.05, 4.69) is 54.4 Å². The maximum atomic E-state index is 12.9. The second-order valence-electron chi connectivity index (χ2n) is 9.72. The van der Waals surface area contributed by atoms with E-state index in [9.17, 15) is 4.79 Å². The second-order valence-corrected chi connectivity index (χ2v) is 9.72. The quantitative estimate of drug-likeness (QED) is 0.424. The van der Waals surface area contributed by atoms with Crippen LogP contribution in [0.1, 0.15) is 35.2 Å². The summed E-state index contributed by atoms with van der Waals surface area (Å²) in [7, 11) is 1.65. The van der Waals surface area contributed by atoms with Gasteiger partial charge in [0.2, 0.25) is 5.91 Å². The summed E-state index contributed by atoms with van der Waals surface area (Å²) in [6, 6.07) is 18.4. The lowest BCUT2D eigenvalue weighted by Crippen LogP contribution is -2.41. The molecule has 1 fully saturated rings. The SMILES string of the molecule is COc1ccccc1CNC(=O)C1CCN(c2cc(C)nc3cc(-c4cc(C)cc(C)c4)nn23)CC1. The number of carbonyl (C=O) groups is 1. The van der Waals surface area contributed by atoms with Gasteiger partial charge in [-0.3, -0.25) is 4.79 Å². The number of hydrogen-bond acceptors (Lipinski definition) is 5. The van der Waals surface area contributed by atoms with Crippen molar-refractivity contribution in [2.75, 3.05) is 25.1 Å². The van der Waals surface area contributed by atoms with E-state index in [1.807, 2.05) is 35.7 Å². The Morgan fingerprint density at radius 2 is 1.75 bits per heavy atom. The molecule has 7 heteroatoms. The zero-order valence-electron chi connectivity index (χ0n) is 21.4. The summed E-state index contributed by atoms with van der Waals surface area (Å²) in [5.41, 5.74) is 7.25. The van der Waals surface area contributed by atoms with Gasteiger partial charge >= 0.3 is 0 Å². The summed E-state index contributed by atoms with van der Waals surface area (Å²) in [5.74, 6) is 1.93. The Morgan fingerprint density at radius 1 is 1.03 bits per heavy atom. The number of anilines is 1. The van der Waals surface area contributed by atoms with Crippen molar-refractivity contribution >= 4 is 17.4 Å². The van der Waals surface area contributed by atoms with Crippen molar-refractivity contribution in [1.82, 2.24) is 19.9 Å². The number of ether oxygens (including phenoxy) is 1. The van der Waals surface area contributed by atoms with E-state index in [4.69, 9.17) is 14.8 Å². The molecule has 0 aliphatic carbocycles. The minimum atomic E-state index is -0.00201. The maximum absolute atomic E-state index is 12.9.